The number of carbonyl (C=O) groups excluding carboxylic acids is 2. The van der Waals surface area contributed by atoms with E-state index >= 15 is 0 Å². The molecule has 0 spiro atoms. The Morgan fingerprint density at radius 1 is 1.35 bits per heavy atom. The Morgan fingerprint density at radius 2 is 2.00 bits per heavy atom. The van der Waals surface area contributed by atoms with Crippen molar-refractivity contribution in [3.63, 3.8) is 0 Å². The van der Waals surface area contributed by atoms with Crippen LogP contribution < -0.4 is 11.1 Å². The zero-order valence-electron chi connectivity index (χ0n) is 12.2. The van der Waals surface area contributed by atoms with Crippen molar-refractivity contribution in [1.82, 2.24) is 0 Å². The van der Waals surface area contributed by atoms with E-state index in [0.29, 0.717) is 5.69 Å². The Labute approximate surface area is 150 Å². The molecule has 0 fully saturated rings. The summed E-state index contributed by atoms with van der Waals surface area (Å²) in [6.07, 6.45) is 0. The minimum atomic E-state index is -0.784. The number of ether oxygens (including phenoxy) is 1. The lowest BCUT2D eigenvalue weighted by atomic mass is 10.1. The monoisotopic (exact) mass is 443 g/mol. The van der Waals surface area contributed by atoms with Crippen LogP contribution in [0.2, 0.25) is 0 Å². The SMILES string of the molecule is CCOC(=O)C(=N)c1csc(N)c1C(=O)Nc1ccc(I)cc1. The summed E-state index contributed by atoms with van der Waals surface area (Å²) in [6.45, 7) is 1.81. The number of halogens is 1. The molecule has 0 bridgehead atoms. The van der Waals surface area contributed by atoms with E-state index in [9.17, 15) is 9.59 Å². The lowest BCUT2D eigenvalue weighted by Crippen LogP contribution is -2.22. The molecule has 8 heteroatoms. The summed E-state index contributed by atoms with van der Waals surface area (Å²) in [4.78, 5) is 24.2. The summed E-state index contributed by atoms with van der Waals surface area (Å²) in [5.41, 5.74) is 6.36. The topological polar surface area (TPSA) is 105 Å². The van der Waals surface area contributed by atoms with Gasteiger partial charge in [0.1, 0.15) is 5.71 Å². The van der Waals surface area contributed by atoms with Crippen LogP contribution in [0.15, 0.2) is 29.6 Å². The Bertz CT molecular complexity index is 756. The average Bonchev–Trinajstić information content (AvgIpc) is 2.90. The Kier molecular flexibility index (Phi) is 5.72. The van der Waals surface area contributed by atoms with Crippen molar-refractivity contribution < 1.29 is 14.3 Å². The van der Waals surface area contributed by atoms with Gasteiger partial charge in [-0.05, 0) is 53.8 Å². The van der Waals surface area contributed by atoms with E-state index in [1.165, 1.54) is 5.38 Å². The molecule has 0 radical (unpaired) electrons. The zero-order chi connectivity index (χ0) is 17.0. The maximum atomic E-state index is 12.5. The third-order valence-corrected chi connectivity index (χ3v) is 4.43. The molecule has 2 aromatic rings. The number of nitrogens with two attached hydrogens (primary N) is 1. The van der Waals surface area contributed by atoms with E-state index in [1.807, 2.05) is 12.1 Å². The normalized spacial score (nSPS) is 10.2. The molecule has 120 valence electrons. The van der Waals surface area contributed by atoms with Gasteiger partial charge in [0.15, 0.2) is 0 Å². The molecule has 0 aliphatic carbocycles. The van der Waals surface area contributed by atoms with Crippen molar-refractivity contribution in [3.8, 4) is 0 Å². The fourth-order valence-electron chi connectivity index (χ4n) is 1.83. The van der Waals surface area contributed by atoms with Gasteiger partial charge in [-0.25, -0.2) is 4.79 Å². The number of nitrogens with one attached hydrogen (secondary N) is 2. The van der Waals surface area contributed by atoms with Crippen molar-refractivity contribution >= 4 is 62.2 Å². The Morgan fingerprint density at radius 3 is 2.61 bits per heavy atom. The molecule has 0 atom stereocenters. The number of amides is 1. The summed E-state index contributed by atoms with van der Waals surface area (Å²) in [7, 11) is 0. The van der Waals surface area contributed by atoms with Crippen LogP contribution in [-0.2, 0) is 9.53 Å². The van der Waals surface area contributed by atoms with Gasteiger partial charge >= 0.3 is 5.97 Å². The quantitative estimate of drug-likeness (QED) is 0.375. The highest BCUT2D eigenvalue weighted by atomic mass is 127. The summed E-state index contributed by atoms with van der Waals surface area (Å²) in [5.74, 6) is -1.25. The second kappa shape index (κ2) is 7.55. The fraction of sp³-hybridized carbons (Fsp3) is 0.133. The predicted octanol–water partition coefficient (Wildman–Crippen LogP) is 3.12. The maximum Gasteiger partial charge on any atom is 0.356 e. The van der Waals surface area contributed by atoms with E-state index < -0.39 is 11.9 Å². The summed E-state index contributed by atoms with van der Waals surface area (Å²) in [5, 5.41) is 12.4. The minimum Gasteiger partial charge on any atom is -0.461 e. The van der Waals surface area contributed by atoms with Crippen LogP contribution in [-0.4, -0.2) is 24.2 Å². The number of hydrogen-bond donors (Lipinski definition) is 3. The van der Waals surface area contributed by atoms with Crippen molar-refractivity contribution in [2.24, 2.45) is 0 Å². The largest absolute Gasteiger partial charge is 0.461 e. The van der Waals surface area contributed by atoms with Gasteiger partial charge < -0.3 is 15.8 Å². The van der Waals surface area contributed by atoms with E-state index in [0.717, 1.165) is 14.9 Å². The van der Waals surface area contributed by atoms with Crippen LogP contribution in [0.4, 0.5) is 10.7 Å². The molecule has 1 aromatic heterocycles. The van der Waals surface area contributed by atoms with Crippen molar-refractivity contribution in [2.75, 3.05) is 17.7 Å². The van der Waals surface area contributed by atoms with E-state index in [-0.39, 0.29) is 28.4 Å². The second-order valence-electron chi connectivity index (χ2n) is 4.45. The number of carbonyl (C=O) groups is 2. The van der Waals surface area contributed by atoms with Crippen LogP contribution in [0.25, 0.3) is 0 Å². The third-order valence-electron chi connectivity index (χ3n) is 2.90. The standard InChI is InChI=1S/C15H14IN3O3S/c1-2-22-15(21)12(17)10-7-23-13(18)11(10)14(20)19-9-5-3-8(16)4-6-9/h3-7,17H,2,18H2,1H3,(H,19,20). The lowest BCUT2D eigenvalue weighted by Gasteiger charge is -2.08. The average molecular weight is 443 g/mol. The molecule has 0 saturated heterocycles. The molecular formula is C15H14IN3O3S. The number of benzene rings is 1. The lowest BCUT2D eigenvalue weighted by molar-refractivity contribution is -0.135. The Hall–Kier alpha value is -1.94. The van der Waals surface area contributed by atoms with Crippen LogP contribution in [0.5, 0.6) is 0 Å². The second-order valence-corrected chi connectivity index (χ2v) is 6.60. The first-order chi connectivity index (χ1) is 10.9. The molecule has 1 amide bonds. The van der Waals surface area contributed by atoms with Crippen molar-refractivity contribution in [2.45, 2.75) is 6.92 Å². The number of hydrogen-bond acceptors (Lipinski definition) is 6. The van der Waals surface area contributed by atoms with Crippen molar-refractivity contribution in [1.29, 1.82) is 5.41 Å². The van der Waals surface area contributed by atoms with Gasteiger partial charge in [-0.1, -0.05) is 0 Å². The Balaban J connectivity index is 2.26. The molecule has 4 N–H and O–H groups in total. The zero-order valence-corrected chi connectivity index (χ0v) is 15.2. The predicted molar refractivity (Wildman–Crippen MR) is 99.3 cm³/mol. The first-order valence-corrected chi connectivity index (χ1v) is 8.59. The molecule has 2 rings (SSSR count). The summed E-state index contributed by atoms with van der Waals surface area (Å²) < 4.78 is 5.84. The van der Waals surface area contributed by atoms with Crippen molar-refractivity contribution in [3.05, 3.63) is 44.3 Å². The van der Waals surface area contributed by atoms with Gasteiger partial charge in [0.2, 0.25) is 0 Å². The molecule has 0 unspecified atom stereocenters. The van der Waals surface area contributed by atoms with E-state index in [4.69, 9.17) is 15.9 Å². The molecule has 0 aliphatic heterocycles. The highest BCUT2D eigenvalue weighted by Gasteiger charge is 2.24. The number of anilines is 2. The fourth-order valence-corrected chi connectivity index (χ4v) is 2.99. The smallest absolute Gasteiger partial charge is 0.356 e. The number of thiophene rings is 1. The first-order valence-electron chi connectivity index (χ1n) is 6.64. The number of nitrogen functional groups attached to an aromatic ring is 1. The minimum absolute atomic E-state index is 0.117. The first kappa shape index (κ1) is 17.4. The van der Waals surface area contributed by atoms with Gasteiger partial charge in [-0.2, -0.15) is 0 Å². The van der Waals surface area contributed by atoms with Gasteiger partial charge in [0, 0.05) is 20.2 Å². The van der Waals surface area contributed by atoms with E-state index in [2.05, 4.69) is 27.9 Å². The highest BCUT2D eigenvalue weighted by molar-refractivity contribution is 14.1. The van der Waals surface area contributed by atoms with E-state index in [1.54, 1.807) is 19.1 Å². The summed E-state index contributed by atoms with van der Waals surface area (Å²) in [6, 6.07) is 7.24. The number of esters is 1. The molecule has 0 saturated carbocycles. The van der Waals surface area contributed by atoms with Gasteiger partial charge in [0.25, 0.3) is 5.91 Å². The van der Waals surface area contributed by atoms with Crippen LogP contribution in [0, 0.1) is 8.98 Å². The molecule has 0 aliphatic rings. The van der Waals surface area contributed by atoms with Gasteiger partial charge in [-0.15, -0.1) is 11.3 Å². The molecule has 1 aromatic carbocycles. The van der Waals surface area contributed by atoms with Crippen LogP contribution >= 0.6 is 33.9 Å². The number of rotatable bonds is 5. The van der Waals surface area contributed by atoms with Gasteiger partial charge in [0.05, 0.1) is 17.2 Å². The molecular weight excluding hydrogens is 429 g/mol. The molecule has 6 nitrogen and oxygen atoms in total. The van der Waals surface area contributed by atoms with Gasteiger partial charge in [-0.3, -0.25) is 10.2 Å². The molecule has 1 heterocycles. The highest BCUT2D eigenvalue weighted by Crippen LogP contribution is 2.27. The summed E-state index contributed by atoms with van der Waals surface area (Å²) >= 11 is 3.27. The van der Waals surface area contributed by atoms with Crippen LogP contribution in [0.1, 0.15) is 22.8 Å². The maximum absolute atomic E-state index is 12.5. The molecule has 23 heavy (non-hydrogen) atoms. The van der Waals surface area contributed by atoms with Crippen LogP contribution in [0.3, 0.4) is 0 Å². The third kappa shape index (κ3) is 4.08.